The standard InChI is InChI=1S/C38H45N7O9S/c1-4-23-19-38(23,36(49)43-55(51,52)25-13-14-25)42-33(46)29-18-24-21-44(29)35(48)32(22(2)3)41-37(50)54-17-7-5-6-16-53-30-20-40-45(24)34(47)31(30)27-10-8-12-28-26(27)11-9-15-39-28/h4,8-12,15,20,22-25,29,32H,1,5-7,13-14,16-19,21H2,2-3H3,(H,41,50)(H,42,46)(H,43,49)/t23?,24-,29+,32+,38?/m1/s1. The van der Waals surface area contributed by atoms with E-state index in [-0.39, 0.29) is 43.9 Å². The van der Waals surface area contributed by atoms with Crippen molar-refractivity contribution < 1.29 is 37.1 Å². The summed E-state index contributed by atoms with van der Waals surface area (Å²) in [5, 5.41) is 9.99. The van der Waals surface area contributed by atoms with Gasteiger partial charge >= 0.3 is 6.09 Å². The number of nitrogens with zero attached hydrogens (tertiary/aromatic N) is 4. The summed E-state index contributed by atoms with van der Waals surface area (Å²) >= 11 is 0. The average Bonchev–Trinajstić information content (AvgIpc) is 4.09. The van der Waals surface area contributed by atoms with Gasteiger partial charge in [0, 0.05) is 36.0 Å². The molecule has 0 radical (unpaired) electrons. The van der Waals surface area contributed by atoms with Crippen molar-refractivity contribution in [3.8, 4) is 16.9 Å². The smallest absolute Gasteiger partial charge is 0.407 e. The van der Waals surface area contributed by atoms with Gasteiger partial charge in [0.05, 0.1) is 41.8 Å². The van der Waals surface area contributed by atoms with Crippen LogP contribution >= 0.6 is 0 Å². The van der Waals surface area contributed by atoms with Gasteiger partial charge in [-0.15, -0.1) is 6.58 Å². The molecule has 5 aliphatic rings. The van der Waals surface area contributed by atoms with Crippen molar-refractivity contribution in [2.75, 3.05) is 19.8 Å². The molecule has 3 aliphatic heterocycles. The normalized spacial score (nSPS) is 26.0. The highest BCUT2D eigenvalue weighted by atomic mass is 32.2. The number of carbonyl (C=O) groups excluding carboxylic acids is 4. The lowest BCUT2D eigenvalue weighted by Gasteiger charge is -2.31. The third kappa shape index (κ3) is 7.53. The number of ether oxygens (including phenoxy) is 2. The second kappa shape index (κ2) is 15.1. The predicted molar refractivity (Wildman–Crippen MR) is 200 cm³/mol. The lowest BCUT2D eigenvalue weighted by Crippen LogP contribution is -2.59. The van der Waals surface area contributed by atoms with Crippen LogP contribution in [0.1, 0.15) is 64.8 Å². The summed E-state index contributed by atoms with van der Waals surface area (Å²) in [5.74, 6) is -2.96. The first-order valence-electron chi connectivity index (χ1n) is 18.7. The van der Waals surface area contributed by atoms with E-state index in [2.05, 4.69) is 32.0 Å². The molecule has 16 nitrogen and oxygen atoms in total. The fraction of sp³-hybridized carbons (Fsp3) is 0.500. The Hall–Kier alpha value is -5.32. The van der Waals surface area contributed by atoms with Gasteiger partial charge in [-0.3, -0.25) is 28.9 Å². The Labute approximate surface area is 318 Å². The Morgan fingerprint density at radius 3 is 2.55 bits per heavy atom. The van der Waals surface area contributed by atoms with Crippen LogP contribution < -0.4 is 25.7 Å². The van der Waals surface area contributed by atoms with E-state index < -0.39 is 80.1 Å². The molecule has 3 fully saturated rings. The van der Waals surface area contributed by atoms with Crippen LogP contribution in [-0.2, 0) is 29.1 Å². The van der Waals surface area contributed by atoms with Gasteiger partial charge in [0.25, 0.3) is 11.5 Å². The van der Waals surface area contributed by atoms with Gasteiger partial charge in [0.2, 0.25) is 21.8 Å². The molecule has 4 bridgehead atoms. The number of rotatable bonds is 8. The maximum Gasteiger partial charge on any atom is 0.407 e. The minimum Gasteiger partial charge on any atom is -0.491 e. The van der Waals surface area contributed by atoms with Crippen molar-refractivity contribution >= 4 is 44.7 Å². The zero-order valence-corrected chi connectivity index (χ0v) is 31.5. The molecule has 2 saturated carbocycles. The number of carbonyl (C=O) groups is 4. The first-order chi connectivity index (χ1) is 26.3. The van der Waals surface area contributed by atoms with E-state index in [1.165, 1.54) is 21.9 Å². The molecule has 55 heavy (non-hydrogen) atoms. The Kier molecular flexibility index (Phi) is 10.4. The third-order valence-electron chi connectivity index (χ3n) is 10.8. The molecular weight excluding hydrogens is 731 g/mol. The number of aromatic nitrogens is 3. The summed E-state index contributed by atoms with van der Waals surface area (Å²) in [6.07, 6.45) is 6.48. The van der Waals surface area contributed by atoms with E-state index in [1.54, 1.807) is 38.2 Å². The summed E-state index contributed by atoms with van der Waals surface area (Å²) in [6.45, 7) is 7.46. The van der Waals surface area contributed by atoms with Gasteiger partial charge in [-0.1, -0.05) is 38.1 Å². The van der Waals surface area contributed by atoms with Crippen LogP contribution in [0.4, 0.5) is 4.79 Å². The number of benzene rings is 1. The molecule has 17 heteroatoms. The van der Waals surface area contributed by atoms with Gasteiger partial charge in [0.1, 0.15) is 17.6 Å². The van der Waals surface area contributed by atoms with Gasteiger partial charge < -0.3 is 25.0 Å². The number of hydrogen-bond acceptors (Lipinski definition) is 11. The van der Waals surface area contributed by atoms with E-state index in [1.807, 2.05) is 12.1 Å². The lowest BCUT2D eigenvalue weighted by atomic mass is 10.0. The van der Waals surface area contributed by atoms with Crippen molar-refractivity contribution in [2.45, 2.75) is 87.7 Å². The zero-order valence-electron chi connectivity index (χ0n) is 30.7. The van der Waals surface area contributed by atoms with Crippen molar-refractivity contribution in [3.05, 3.63) is 65.7 Å². The van der Waals surface area contributed by atoms with E-state index in [9.17, 15) is 32.4 Å². The van der Waals surface area contributed by atoms with Crippen LogP contribution in [-0.4, -0.2) is 94.5 Å². The molecule has 2 aliphatic carbocycles. The van der Waals surface area contributed by atoms with E-state index in [4.69, 9.17) is 9.47 Å². The molecule has 5 heterocycles. The molecule has 8 rings (SSSR count). The van der Waals surface area contributed by atoms with Gasteiger partial charge in [0.15, 0.2) is 5.75 Å². The Morgan fingerprint density at radius 1 is 1.07 bits per heavy atom. The van der Waals surface area contributed by atoms with Crippen molar-refractivity contribution in [1.82, 2.24) is 35.0 Å². The summed E-state index contributed by atoms with van der Waals surface area (Å²) in [6, 6.07) is 5.88. The van der Waals surface area contributed by atoms with Crippen molar-refractivity contribution in [1.29, 1.82) is 0 Å². The molecule has 0 spiro atoms. The number of sulfonamides is 1. The molecular formula is C38H45N7O9S. The summed E-state index contributed by atoms with van der Waals surface area (Å²) in [5.41, 5.74) is -0.630. The fourth-order valence-electron chi connectivity index (χ4n) is 7.48. The molecule has 4 amide bonds. The summed E-state index contributed by atoms with van der Waals surface area (Å²) in [7, 11) is -3.94. The molecule has 2 unspecified atom stereocenters. The molecule has 2 aromatic heterocycles. The van der Waals surface area contributed by atoms with E-state index >= 15 is 0 Å². The number of alkyl carbamates (subject to hydrolysis) is 1. The molecule has 5 atom stereocenters. The first kappa shape index (κ1) is 38.0. The predicted octanol–water partition coefficient (Wildman–Crippen LogP) is 2.58. The lowest BCUT2D eigenvalue weighted by molar-refractivity contribution is -0.141. The SMILES string of the molecule is C=CC1CC1(NC(=O)[C@@H]1C[C@@H]2CN1C(=O)[C@H](C(C)C)NC(=O)OCCCCCOc1cnn2c(=O)c1-c1cccc2ncccc12)C(=O)NS(=O)(=O)C1CC1. The fourth-order valence-corrected chi connectivity index (χ4v) is 8.85. The number of pyridine rings is 1. The largest absolute Gasteiger partial charge is 0.491 e. The summed E-state index contributed by atoms with van der Waals surface area (Å²) in [4.78, 5) is 75.6. The van der Waals surface area contributed by atoms with Crippen LogP contribution in [0.2, 0.25) is 0 Å². The highest BCUT2D eigenvalue weighted by Gasteiger charge is 2.62. The van der Waals surface area contributed by atoms with Gasteiger partial charge in [-0.2, -0.15) is 5.10 Å². The highest BCUT2D eigenvalue weighted by molar-refractivity contribution is 7.91. The molecule has 292 valence electrons. The zero-order chi connectivity index (χ0) is 39.1. The average molecular weight is 776 g/mol. The minimum absolute atomic E-state index is 0.0900. The quantitative estimate of drug-likeness (QED) is 0.284. The number of hydrogen-bond donors (Lipinski definition) is 3. The summed E-state index contributed by atoms with van der Waals surface area (Å²) < 4.78 is 40.4. The number of nitrogens with one attached hydrogen (secondary N) is 3. The van der Waals surface area contributed by atoms with Crippen LogP contribution in [0.5, 0.6) is 5.75 Å². The Bertz CT molecular complexity index is 2200. The molecule has 1 saturated heterocycles. The number of amides is 4. The van der Waals surface area contributed by atoms with Crippen LogP contribution in [0.3, 0.4) is 0 Å². The second-order valence-corrected chi connectivity index (χ2v) is 17.0. The van der Waals surface area contributed by atoms with Crippen LogP contribution in [0.15, 0.2) is 60.2 Å². The topological polar surface area (TPSA) is 208 Å². The maximum atomic E-state index is 14.7. The minimum atomic E-state index is -3.94. The van der Waals surface area contributed by atoms with Crippen LogP contribution in [0.25, 0.3) is 22.0 Å². The first-order valence-corrected chi connectivity index (χ1v) is 20.2. The Balaban J connectivity index is 1.28. The maximum absolute atomic E-state index is 14.7. The molecule has 1 aromatic carbocycles. The second-order valence-electron chi connectivity index (χ2n) is 15.0. The molecule has 3 N–H and O–H groups in total. The van der Waals surface area contributed by atoms with E-state index in [0.29, 0.717) is 48.6 Å². The monoisotopic (exact) mass is 775 g/mol. The third-order valence-corrected chi connectivity index (χ3v) is 12.6. The highest BCUT2D eigenvalue weighted by Crippen LogP contribution is 2.46. The number of fused-ring (bicyclic) bond motifs is 13. The van der Waals surface area contributed by atoms with E-state index in [0.717, 1.165) is 0 Å². The van der Waals surface area contributed by atoms with Gasteiger partial charge in [-0.25, -0.2) is 17.9 Å². The van der Waals surface area contributed by atoms with Crippen LogP contribution in [0, 0.1) is 11.8 Å². The van der Waals surface area contributed by atoms with Gasteiger partial charge in [-0.05, 0) is 56.6 Å². The Morgan fingerprint density at radius 2 is 1.84 bits per heavy atom. The van der Waals surface area contributed by atoms with Crippen molar-refractivity contribution in [3.63, 3.8) is 0 Å². The van der Waals surface area contributed by atoms with Crippen molar-refractivity contribution in [2.24, 2.45) is 11.8 Å². The molecule has 3 aromatic rings.